The van der Waals surface area contributed by atoms with Crippen molar-refractivity contribution in [3.63, 3.8) is 0 Å². The normalized spacial score (nSPS) is 20.7. The number of hydrogen-bond donors (Lipinski definition) is 1. The molecule has 1 saturated carbocycles. The van der Waals surface area contributed by atoms with Crippen LogP contribution in [0.3, 0.4) is 0 Å². The van der Waals surface area contributed by atoms with Gasteiger partial charge in [0, 0.05) is 6.04 Å². The van der Waals surface area contributed by atoms with Crippen molar-refractivity contribution in [1.29, 1.82) is 0 Å². The van der Waals surface area contributed by atoms with Crippen molar-refractivity contribution < 1.29 is 4.79 Å². The molecule has 0 aliphatic heterocycles. The van der Waals surface area contributed by atoms with Crippen molar-refractivity contribution in [2.24, 2.45) is 5.92 Å². The molecule has 1 aliphatic rings. The Hall–Kier alpha value is -0.790. The molecule has 0 spiro atoms. The van der Waals surface area contributed by atoms with Gasteiger partial charge in [0.2, 0.25) is 5.91 Å². The first-order valence-electron chi connectivity index (χ1n) is 5.17. The lowest BCUT2D eigenvalue weighted by molar-refractivity contribution is -0.117. The van der Waals surface area contributed by atoms with Crippen molar-refractivity contribution in [3.05, 3.63) is 12.7 Å². The fourth-order valence-corrected chi connectivity index (χ4v) is 2.04. The molecule has 1 rings (SSSR count). The maximum atomic E-state index is 11.0. The Morgan fingerprint density at radius 1 is 1.46 bits per heavy atom. The summed E-state index contributed by atoms with van der Waals surface area (Å²) < 4.78 is 0. The van der Waals surface area contributed by atoms with Crippen LogP contribution >= 0.6 is 0 Å². The van der Waals surface area contributed by atoms with Crippen molar-refractivity contribution >= 4 is 5.91 Å². The quantitative estimate of drug-likeness (QED) is 0.665. The predicted molar refractivity (Wildman–Crippen MR) is 54.4 cm³/mol. The third-order valence-electron chi connectivity index (χ3n) is 2.91. The van der Waals surface area contributed by atoms with Crippen LogP contribution < -0.4 is 5.32 Å². The number of rotatable bonds is 3. The molecule has 1 amide bonds. The van der Waals surface area contributed by atoms with Gasteiger partial charge < -0.3 is 5.32 Å². The van der Waals surface area contributed by atoms with Gasteiger partial charge in [-0.15, -0.1) is 0 Å². The Morgan fingerprint density at radius 3 is 2.62 bits per heavy atom. The minimum atomic E-state index is -0.0435. The van der Waals surface area contributed by atoms with Crippen LogP contribution in [-0.2, 0) is 4.79 Å². The van der Waals surface area contributed by atoms with Crippen molar-refractivity contribution in [1.82, 2.24) is 5.32 Å². The van der Waals surface area contributed by atoms with Crippen LogP contribution in [0.15, 0.2) is 12.7 Å². The van der Waals surface area contributed by atoms with Crippen LogP contribution in [0, 0.1) is 5.92 Å². The van der Waals surface area contributed by atoms with E-state index in [4.69, 9.17) is 0 Å². The molecule has 1 aliphatic carbocycles. The number of carbonyl (C=O) groups is 1. The fraction of sp³-hybridized carbons (Fsp3) is 0.727. The lowest BCUT2D eigenvalue weighted by Gasteiger charge is -2.27. The molecule has 0 heterocycles. The molecule has 2 nitrogen and oxygen atoms in total. The molecular formula is C11H19NO. The van der Waals surface area contributed by atoms with E-state index in [-0.39, 0.29) is 5.91 Å². The highest BCUT2D eigenvalue weighted by Gasteiger charge is 2.20. The Balaban J connectivity index is 2.32. The summed E-state index contributed by atoms with van der Waals surface area (Å²) in [5.41, 5.74) is 0. The Kier molecular flexibility index (Phi) is 4.00. The monoisotopic (exact) mass is 181 g/mol. The maximum absolute atomic E-state index is 11.0. The zero-order valence-electron chi connectivity index (χ0n) is 8.38. The summed E-state index contributed by atoms with van der Waals surface area (Å²) in [6.45, 7) is 5.54. The van der Waals surface area contributed by atoms with Gasteiger partial charge in [0.15, 0.2) is 0 Å². The van der Waals surface area contributed by atoms with E-state index in [2.05, 4.69) is 18.8 Å². The molecule has 1 N–H and O–H groups in total. The van der Waals surface area contributed by atoms with Crippen LogP contribution in [0.2, 0.25) is 0 Å². The van der Waals surface area contributed by atoms with E-state index in [1.807, 2.05) is 0 Å². The first kappa shape index (κ1) is 10.3. The van der Waals surface area contributed by atoms with E-state index in [1.165, 1.54) is 38.2 Å². The van der Waals surface area contributed by atoms with Gasteiger partial charge in [0.05, 0.1) is 0 Å². The van der Waals surface area contributed by atoms with Crippen LogP contribution in [-0.4, -0.2) is 11.9 Å². The molecule has 0 saturated heterocycles. The summed E-state index contributed by atoms with van der Waals surface area (Å²) in [4.78, 5) is 11.0. The molecule has 0 bridgehead atoms. The van der Waals surface area contributed by atoms with Crippen molar-refractivity contribution in [2.75, 3.05) is 0 Å². The second-order valence-corrected chi connectivity index (χ2v) is 3.90. The highest BCUT2D eigenvalue weighted by molar-refractivity contribution is 5.87. The Morgan fingerprint density at radius 2 is 2.08 bits per heavy atom. The van der Waals surface area contributed by atoms with Crippen molar-refractivity contribution in [3.8, 4) is 0 Å². The molecule has 1 fully saturated rings. The molecule has 74 valence electrons. The van der Waals surface area contributed by atoms with E-state index in [0.717, 1.165) is 0 Å². The summed E-state index contributed by atoms with van der Waals surface area (Å²) in [5, 5.41) is 2.94. The lowest BCUT2D eigenvalue weighted by atomic mass is 9.84. The summed E-state index contributed by atoms with van der Waals surface area (Å²) in [6, 6.07) is 0.311. The number of nitrogens with one attached hydrogen (secondary N) is 1. The van der Waals surface area contributed by atoms with Crippen LogP contribution in [0.25, 0.3) is 0 Å². The standard InChI is InChI=1S/C11H19NO/c1-3-11(13)12-9(2)10-7-5-4-6-8-10/h3,9-10H,1,4-8H2,2H3,(H,12,13)/t9-/m0/s1. The molecule has 2 heteroatoms. The lowest BCUT2D eigenvalue weighted by Crippen LogP contribution is -2.37. The number of amides is 1. The van der Waals surface area contributed by atoms with Gasteiger partial charge in [0.1, 0.15) is 0 Å². The predicted octanol–water partition coefficient (Wildman–Crippen LogP) is 2.26. The molecule has 0 aromatic rings. The van der Waals surface area contributed by atoms with Crippen molar-refractivity contribution in [2.45, 2.75) is 45.1 Å². The second kappa shape index (κ2) is 5.05. The fourth-order valence-electron chi connectivity index (χ4n) is 2.04. The van der Waals surface area contributed by atoms with Gasteiger partial charge in [0.25, 0.3) is 0 Å². The molecule has 0 aromatic heterocycles. The Labute approximate surface area is 80.4 Å². The van der Waals surface area contributed by atoms with E-state index in [0.29, 0.717) is 12.0 Å². The highest BCUT2D eigenvalue weighted by Crippen LogP contribution is 2.26. The molecule has 0 radical (unpaired) electrons. The minimum Gasteiger partial charge on any atom is -0.350 e. The highest BCUT2D eigenvalue weighted by atomic mass is 16.1. The van der Waals surface area contributed by atoms with Gasteiger partial charge in [-0.3, -0.25) is 4.79 Å². The zero-order valence-corrected chi connectivity index (χ0v) is 8.38. The average molecular weight is 181 g/mol. The molecule has 13 heavy (non-hydrogen) atoms. The van der Waals surface area contributed by atoms with E-state index in [9.17, 15) is 4.79 Å². The maximum Gasteiger partial charge on any atom is 0.243 e. The van der Waals surface area contributed by atoms with E-state index < -0.39 is 0 Å². The SMILES string of the molecule is C=CC(=O)N[C@@H](C)C1CCCCC1. The summed E-state index contributed by atoms with van der Waals surface area (Å²) >= 11 is 0. The smallest absolute Gasteiger partial charge is 0.243 e. The number of hydrogen-bond acceptors (Lipinski definition) is 1. The van der Waals surface area contributed by atoms with Gasteiger partial charge >= 0.3 is 0 Å². The second-order valence-electron chi connectivity index (χ2n) is 3.90. The van der Waals surface area contributed by atoms with Gasteiger partial charge in [-0.1, -0.05) is 25.8 Å². The first-order valence-corrected chi connectivity index (χ1v) is 5.17. The first-order chi connectivity index (χ1) is 6.24. The molecule has 0 unspecified atom stereocenters. The van der Waals surface area contributed by atoms with Gasteiger partial charge in [-0.05, 0) is 31.8 Å². The average Bonchev–Trinajstić information content (AvgIpc) is 2.19. The third-order valence-corrected chi connectivity index (χ3v) is 2.91. The van der Waals surface area contributed by atoms with Gasteiger partial charge in [-0.2, -0.15) is 0 Å². The van der Waals surface area contributed by atoms with Crippen LogP contribution in [0.5, 0.6) is 0 Å². The van der Waals surface area contributed by atoms with E-state index >= 15 is 0 Å². The summed E-state index contributed by atoms with van der Waals surface area (Å²) in [5.74, 6) is 0.635. The van der Waals surface area contributed by atoms with Crippen LogP contribution in [0.4, 0.5) is 0 Å². The van der Waals surface area contributed by atoms with E-state index in [1.54, 1.807) is 0 Å². The summed E-state index contributed by atoms with van der Waals surface area (Å²) in [7, 11) is 0. The topological polar surface area (TPSA) is 29.1 Å². The zero-order chi connectivity index (χ0) is 9.68. The summed E-state index contributed by atoms with van der Waals surface area (Å²) in [6.07, 6.45) is 7.87. The van der Waals surface area contributed by atoms with Crippen LogP contribution in [0.1, 0.15) is 39.0 Å². The Bertz CT molecular complexity index is 183. The van der Waals surface area contributed by atoms with Gasteiger partial charge in [-0.25, -0.2) is 0 Å². The molecule has 0 aromatic carbocycles. The third kappa shape index (κ3) is 3.21. The molecule has 1 atom stereocenters. The molecular weight excluding hydrogens is 162 g/mol. The number of carbonyl (C=O) groups excluding carboxylic acids is 1. The minimum absolute atomic E-state index is 0.0435. The largest absolute Gasteiger partial charge is 0.350 e.